The normalized spacial score (nSPS) is 11.0. The third-order valence-corrected chi connectivity index (χ3v) is 3.09. The van der Waals surface area contributed by atoms with Crippen molar-refractivity contribution in [3.63, 3.8) is 0 Å². The second-order valence-electron chi connectivity index (χ2n) is 4.70. The van der Waals surface area contributed by atoms with Gasteiger partial charge in [-0.1, -0.05) is 42.5 Å². The SMILES string of the molecule is O=C(O)CC/C(=N\Nc1ccccc1[N+](=O)[O-])c1ccccc1. The lowest BCUT2D eigenvalue weighted by atomic mass is 10.1. The second-order valence-corrected chi connectivity index (χ2v) is 4.70. The van der Waals surface area contributed by atoms with Crippen LogP contribution in [-0.2, 0) is 4.79 Å². The zero-order valence-electron chi connectivity index (χ0n) is 12.2. The average Bonchev–Trinajstić information content (AvgIpc) is 2.55. The van der Waals surface area contributed by atoms with Gasteiger partial charge in [-0.15, -0.1) is 0 Å². The van der Waals surface area contributed by atoms with Crippen LogP contribution in [0.5, 0.6) is 0 Å². The number of carboxylic acid groups (broad SMARTS) is 1. The van der Waals surface area contributed by atoms with Gasteiger partial charge in [0.2, 0.25) is 0 Å². The highest BCUT2D eigenvalue weighted by molar-refractivity contribution is 6.02. The molecule has 0 radical (unpaired) electrons. The second kappa shape index (κ2) is 7.69. The molecule has 0 aliphatic heterocycles. The fourth-order valence-electron chi connectivity index (χ4n) is 1.98. The Balaban J connectivity index is 2.27. The van der Waals surface area contributed by atoms with Crippen LogP contribution in [0.4, 0.5) is 11.4 Å². The zero-order chi connectivity index (χ0) is 16.7. The Hall–Kier alpha value is -3.22. The highest BCUT2D eigenvalue weighted by Crippen LogP contribution is 2.23. The molecule has 2 rings (SSSR count). The van der Waals surface area contributed by atoms with E-state index in [0.29, 0.717) is 5.71 Å². The maximum absolute atomic E-state index is 11.0. The Morgan fingerprint density at radius 2 is 1.74 bits per heavy atom. The molecule has 0 aliphatic rings. The van der Waals surface area contributed by atoms with Crippen LogP contribution < -0.4 is 5.43 Å². The van der Waals surface area contributed by atoms with Gasteiger partial charge in [0, 0.05) is 12.5 Å². The average molecular weight is 313 g/mol. The number of nitro benzene ring substituents is 1. The summed E-state index contributed by atoms with van der Waals surface area (Å²) in [5, 5.41) is 24.0. The molecule has 0 saturated heterocycles. The summed E-state index contributed by atoms with van der Waals surface area (Å²) in [5.74, 6) is -0.931. The minimum absolute atomic E-state index is 0.0771. The van der Waals surface area contributed by atoms with E-state index in [9.17, 15) is 14.9 Å². The van der Waals surface area contributed by atoms with Crippen molar-refractivity contribution in [3.8, 4) is 0 Å². The van der Waals surface area contributed by atoms with Crippen LogP contribution >= 0.6 is 0 Å². The van der Waals surface area contributed by atoms with Crippen LogP contribution in [0.2, 0.25) is 0 Å². The van der Waals surface area contributed by atoms with Crippen molar-refractivity contribution in [3.05, 3.63) is 70.3 Å². The molecular weight excluding hydrogens is 298 g/mol. The van der Waals surface area contributed by atoms with Crippen molar-refractivity contribution >= 4 is 23.1 Å². The molecule has 2 aromatic rings. The first-order valence-corrected chi connectivity index (χ1v) is 6.91. The van der Waals surface area contributed by atoms with Crippen LogP contribution in [0.3, 0.4) is 0 Å². The third kappa shape index (κ3) is 4.63. The van der Waals surface area contributed by atoms with E-state index in [1.165, 1.54) is 6.07 Å². The van der Waals surface area contributed by atoms with Crippen LogP contribution in [0.25, 0.3) is 0 Å². The number of hydrogen-bond acceptors (Lipinski definition) is 5. The minimum Gasteiger partial charge on any atom is -0.481 e. The number of nitrogens with zero attached hydrogens (tertiary/aromatic N) is 2. The molecule has 0 saturated carbocycles. The molecule has 0 aliphatic carbocycles. The van der Waals surface area contributed by atoms with Crippen LogP contribution in [-0.4, -0.2) is 21.7 Å². The smallest absolute Gasteiger partial charge is 0.303 e. The first-order valence-electron chi connectivity index (χ1n) is 6.91. The summed E-state index contributed by atoms with van der Waals surface area (Å²) in [6, 6.07) is 15.2. The van der Waals surface area contributed by atoms with E-state index in [1.807, 2.05) is 30.3 Å². The van der Waals surface area contributed by atoms with Gasteiger partial charge < -0.3 is 5.11 Å². The van der Waals surface area contributed by atoms with Gasteiger partial charge in [-0.2, -0.15) is 5.10 Å². The van der Waals surface area contributed by atoms with Gasteiger partial charge in [0.25, 0.3) is 5.69 Å². The van der Waals surface area contributed by atoms with Crippen molar-refractivity contribution in [1.82, 2.24) is 0 Å². The molecule has 23 heavy (non-hydrogen) atoms. The number of hydrogen-bond donors (Lipinski definition) is 2. The monoisotopic (exact) mass is 313 g/mol. The number of rotatable bonds is 7. The number of hydrazone groups is 1. The Kier molecular flexibility index (Phi) is 5.40. The van der Waals surface area contributed by atoms with E-state index in [2.05, 4.69) is 10.5 Å². The van der Waals surface area contributed by atoms with Gasteiger partial charge in [0.05, 0.1) is 17.1 Å². The van der Waals surface area contributed by atoms with Crippen LogP contribution in [0.1, 0.15) is 18.4 Å². The fourth-order valence-corrected chi connectivity index (χ4v) is 1.98. The summed E-state index contributed by atoms with van der Waals surface area (Å²) < 4.78 is 0. The van der Waals surface area contributed by atoms with E-state index in [0.717, 1.165) is 5.56 Å². The van der Waals surface area contributed by atoms with Crippen LogP contribution in [0, 0.1) is 10.1 Å². The van der Waals surface area contributed by atoms with E-state index >= 15 is 0 Å². The lowest BCUT2D eigenvalue weighted by molar-refractivity contribution is -0.384. The number of carboxylic acids is 1. The molecule has 7 heteroatoms. The minimum atomic E-state index is -0.931. The van der Waals surface area contributed by atoms with E-state index in [4.69, 9.17) is 5.11 Å². The fraction of sp³-hybridized carbons (Fsp3) is 0.125. The van der Waals surface area contributed by atoms with Crippen molar-refractivity contribution in [2.45, 2.75) is 12.8 Å². The Morgan fingerprint density at radius 3 is 2.39 bits per heavy atom. The quantitative estimate of drug-likeness (QED) is 0.463. The molecule has 0 bridgehead atoms. The van der Waals surface area contributed by atoms with Crippen molar-refractivity contribution in [1.29, 1.82) is 0 Å². The molecule has 0 amide bonds. The molecule has 0 spiro atoms. The summed E-state index contributed by atoms with van der Waals surface area (Å²) in [6.07, 6.45) is 0.138. The lowest BCUT2D eigenvalue weighted by Crippen LogP contribution is -2.08. The van der Waals surface area contributed by atoms with Crippen molar-refractivity contribution in [2.75, 3.05) is 5.43 Å². The molecule has 0 atom stereocenters. The molecule has 7 nitrogen and oxygen atoms in total. The number of anilines is 1. The molecule has 0 aromatic heterocycles. The molecule has 2 aromatic carbocycles. The first-order chi connectivity index (χ1) is 11.1. The summed E-state index contributed by atoms with van der Waals surface area (Å²) in [7, 11) is 0. The van der Waals surface area contributed by atoms with E-state index < -0.39 is 10.9 Å². The summed E-state index contributed by atoms with van der Waals surface area (Å²) in [4.78, 5) is 21.3. The summed E-state index contributed by atoms with van der Waals surface area (Å²) >= 11 is 0. The summed E-state index contributed by atoms with van der Waals surface area (Å²) in [6.45, 7) is 0. The molecule has 118 valence electrons. The van der Waals surface area contributed by atoms with Gasteiger partial charge in [-0.25, -0.2) is 0 Å². The van der Waals surface area contributed by atoms with Gasteiger partial charge in [-0.05, 0) is 11.6 Å². The number of benzene rings is 2. The highest BCUT2D eigenvalue weighted by atomic mass is 16.6. The lowest BCUT2D eigenvalue weighted by Gasteiger charge is -2.07. The van der Waals surface area contributed by atoms with Gasteiger partial charge in [-0.3, -0.25) is 20.3 Å². The summed E-state index contributed by atoms with van der Waals surface area (Å²) in [5.41, 5.74) is 4.11. The maximum atomic E-state index is 11.0. The molecular formula is C16H15N3O4. The largest absolute Gasteiger partial charge is 0.481 e. The standard InChI is InChI=1S/C16H15N3O4/c20-16(21)11-10-13(12-6-2-1-3-7-12)17-18-14-8-4-5-9-15(14)19(22)23/h1-9,18H,10-11H2,(H,20,21)/b17-13+. The molecule has 0 unspecified atom stereocenters. The molecule has 2 N–H and O–H groups in total. The number of nitrogens with one attached hydrogen (secondary N) is 1. The van der Waals surface area contributed by atoms with Crippen molar-refractivity contribution < 1.29 is 14.8 Å². The predicted octanol–water partition coefficient (Wildman–Crippen LogP) is 3.28. The maximum Gasteiger partial charge on any atom is 0.303 e. The highest BCUT2D eigenvalue weighted by Gasteiger charge is 2.12. The molecule has 0 heterocycles. The number of para-hydroxylation sites is 2. The van der Waals surface area contributed by atoms with E-state index in [1.54, 1.807) is 18.2 Å². The Morgan fingerprint density at radius 1 is 1.09 bits per heavy atom. The molecule has 0 fully saturated rings. The van der Waals surface area contributed by atoms with Crippen LogP contribution in [0.15, 0.2) is 59.7 Å². The van der Waals surface area contributed by atoms with Crippen molar-refractivity contribution in [2.24, 2.45) is 5.10 Å². The van der Waals surface area contributed by atoms with Gasteiger partial charge in [0.15, 0.2) is 0 Å². The Labute approximate surface area is 132 Å². The van der Waals surface area contributed by atoms with Gasteiger partial charge in [0.1, 0.15) is 5.69 Å². The number of carbonyl (C=O) groups is 1. The number of nitro groups is 1. The topological polar surface area (TPSA) is 105 Å². The van der Waals surface area contributed by atoms with E-state index in [-0.39, 0.29) is 24.2 Å². The zero-order valence-corrected chi connectivity index (χ0v) is 12.2. The third-order valence-electron chi connectivity index (χ3n) is 3.09. The Bertz CT molecular complexity index is 729. The first kappa shape index (κ1) is 16.2. The predicted molar refractivity (Wildman–Crippen MR) is 86.6 cm³/mol. The number of aliphatic carboxylic acids is 1. The van der Waals surface area contributed by atoms with Gasteiger partial charge >= 0.3 is 5.97 Å².